The van der Waals surface area contributed by atoms with Crippen molar-refractivity contribution in [1.29, 1.82) is 0 Å². The van der Waals surface area contributed by atoms with Crippen LogP contribution in [0.4, 0.5) is 13.2 Å². The van der Waals surface area contributed by atoms with E-state index in [0.717, 1.165) is 0 Å². The molecule has 17 heavy (non-hydrogen) atoms. The van der Waals surface area contributed by atoms with Gasteiger partial charge in [0, 0.05) is 11.6 Å². The number of rotatable bonds is 2. The molecule has 2 N–H and O–H groups in total. The van der Waals surface area contributed by atoms with Gasteiger partial charge in [-0.2, -0.15) is 0 Å². The summed E-state index contributed by atoms with van der Waals surface area (Å²) in [5.41, 5.74) is 5.96. The minimum absolute atomic E-state index is 0.234. The molecule has 0 spiro atoms. The Morgan fingerprint density at radius 2 is 1.65 bits per heavy atom. The molecule has 0 heterocycles. The van der Waals surface area contributed by atoms with Crippen LogP contribution in [-0.2, 0) is 0 Å². The van der Waals surface area contributed by atoms with E-state index in [1.807, 2.05) is 20.8 Å². The maximum Gasteiger partial charge on any atom is 0.573 e. The lowest BCUT2D eigenvalue weighted by atomic mass is 9.83. The quantitative estimate of drug-likeness (QED) is 0.866. The second-order valence-electron chi connectivity index (χ2n) is 4.93. The molecule has 1 rings (SSSR count). The van der Waals surface area contributed by atoms with E-state index in [2.05, 4.69) is 4.74 Å². The number of nitrogens with two attached hydrogens (primary N) is 1. The van der Waals surface area contributed by atoms with Crippen molar-refractivity contribution < 1.29 is 17.9 Å². The van der Waals surface area contributed by atoms with Crippen molar-refractivity contribution in [2.24, 2.45) is 11.1 Å². The fourth-order valence-electron chi connectivity index (χ4n) is 1.42. The van der Waals surface area contributed by atoms with Gasteiger partial charge < -0.3 is 10.5 Å². The van der Waals surface area contributed by atoms with Gasteiger partial charge in [0.25, 0.3) is 0 Å². The third kappa shape index (κ3) is 3.93. The highest BCUT2D eigenvalue weighted by Gasteiger charge is 2.34. The molecule has 2 nitrogen and oxygen atoms in total. The van der Waals surface area contributed by atoms with Gasteiger partial charge >= 0.3 is 6.36 Å². The van der Waals surface area contributed by atoms with Crippen LogP contribution in [0.15, 0.2) is 24.3 Å². The second-order valence-corrected chi connectivity index (χ2v) is 4.93. The van der Waals surface area contributed by atoms with E-state index in [4.69, 9.17) is 5.73 Å². The molecule has 0 saturated heterocycles. The van der Waals surface area contributed by atoms with Crippen LogP contribution in [0.5, 0.6) is 5.75 Å². The number of ether oxygens (including phenoxy) is 1. The number of halogens is 3. The summed E-state index contributed by atoms with van der Waals surface area (Å²) in [6, 6.07) is 5.43. The first-order valence-electron chi connectivity index (χ1n) is 5.21. The number of para-hydroxylation sites is 1. The first-order valence-corrected chi connectivity index (χ1v) is 5.21. The van der Waals surface area contributed by atoms with Crippen LogP contribution in [-0.4, -0.2) is 6.36 Å². The Balaban J connectivity index is 3.08. The van der Waals surface area contributed by atoms with E-state index in [1.54, 1.807) is 12.1 Å². The van der Waals surface area contributed by atoms with Crippen LogP contribution in [0.2, 0.25) is 0 Å². The molecule has 0 aliphatic rings. The Morgan fingerprint density at radius 1 is 1.12 bits per heavy atom. The SMILES string of the molecule is CC(C)(C)C(N)c1ccccc1OC(F)(F)F. The second kappa shape index (κ2) is 4.56. The largest absolute Gasteiger partial charge is 0.573 e. The molecular formula is C12H16F3NO. The van der Waals surface area contributed by atoms with Crippen LogP contribution < -0.4 is 10.5 Å². The van der Waals surface area contributed by atoms with Crippen molar-refractivity contribution in [3.8, 4) is 5.75 Å². The lowest BCUT2D eigenvalue weighted by Crippen LogP contribution is -2.28. The molecule has 1 aromatic carbocycles. The van der Waals surface area contributed by atoms with Crippen molar-refractivity contribution in [3.63, 3.8) is 0 Å². The van der Waals surface area contributed by atoms with Crippen LogP contribution in [0.1, 0.15) is 32.4 Å². The van der Waals surface area contributed by atoms with Crippen molar-refractivity contribution in [1.82, 2.24) is 0 Å². The standard InChI is InChI=1S/C12H16F3NO/c1-11(2,3)10(16)8-6-4-5-7-9(8)17-12(13,14)15/h4-7,10H,16H2,1-3H3. The van der Waals surface area contributed by atoms with Gasteiger partial charge in [0.2, 0.25) is 0 Å². The first-order chi connectivity index (χ1) is 7.61. The topological polar surface area (TPSA) is 35.2 Å². The monoisotopic (exact) mass is 247 g/mol. The molecule has 1 aromatic rings. The zero-order valence-electron chi connectivity index (χ0n) is 10.0. The minimum atomic E-state index is -4.70. The third-order valence-electron chi connectivity index (χ3n) is 2.41. The van der Waals surface area contributed by atoms with Crippen LogP contribution in [0, 0.1) is 5.41 Å². The highest BCUT2D eigenvalue weighted by Crippen LogP contribution is 2.37. The molecule has 1 atom stereocenters. The van der Waals surface area contributed by atoms with Gasteiger partial charge in [0.1, 0.15) is 5.75 Å². The fourth-order valence-corrected chi connectivity index (χ4v) is 1.42. The average Bonchev–Trinajstić information content (AvgIpc) is 2.13. The molecule has 0 fully saturated rings. The van der Waals surface area contributed by atoms with Crippen molar-refractivity contribution in [3.05, 3.63) is 29.8 Å². The lowest BCUT2D eigenvalue weighted by molar-refractivity contribution is -0.275. The van der Waals surface area contributed by atoms with Gasteiger partial charge in [-0.05, 0) is 11.5 Å². The molecule has 96 valence electrons. The predicted octanol–water partition coefficient (Wildman–Crippen LogP) is 3.63. The van der Waals surface area contributed by atoms with E-state index >= 15 is 0 Å². The summed E-state index contributed by atoms with van der Waals surface area (Å²) in [6.07, 6.45) is -4.70. The van der Waals surface area contributed by atoms with E-state index in [9.17, 15) is 13.2 Å². The van der Waals surface area contributed by atoms with Crippen molar-refractivity contribution in [2.75, 3.05) is 0 Å². The molecule has 0 radical (unpaired) electrons. The molecule has 0 saturated carbocycles. The van der Waals surface area contributed by atoms with E-state index in [0.29, 0.717) is 5.56 Å². The molecule has 0 bridgehead atoms. The molecule has 1 unspecified atom stereocenters. The molecule has 0 amide bonds. The number of hydrogen-bond acceptors (Lipinski definition) is 2. The molecule has 5 heteroatoms. The first kappa shape index (κ1) is 13.8. The smallest absolute Gasteiger partial charge is 0.405 e. The number of benzene rings is 1. The molecule has 0 aliphatic carbocycles. The van der Waals surface area contributed by atoms with Crippen molar-refractivity contribution in [2.45, 2.75) is 33.2 Å². The maximum atomic E-state index is 12.2. The van der Waals surface area contributed by atoms with E-state index < -0.39 is 12.4 Å². The Kier molecular flexibility index (Phi) is 3.71. The predicted molar refractivity (Wildman–Crippen MR) is 59.5 cm³/mol. The number of alkyl halides is 3. The van der Waals surface area contributed by atoms with Crippen LogP contribution in [0.25, 0.3) is 0 Å². The van der Waals surface area contributed by atoms with Gasteiger partial charge in [0.05, 0.1) is 0 Å². The van der Waals surface area contributed by atoms with Crippen LogP contribution >= 0.6 is 0 Å². The lowest BCUT2D eigenvalue weighted by Gasteiger charge is -2.28. The zero-order chi connectivity index (χ0) is 13.3. The van der Waals surface area contributed by atoms with Crippen molar-refractivity contribution >= 4 is 0 Å². The minimum Gasteiger partial charge on any atom is -0.405 e. The summed E-state index contributed by atoms with van der Waals surface area (Å²) in [6.45, 7) is 5.59. The van der Waals surface area contributed by atoms with Gasteiger partial charge in [-0.3, -0.25) is 0 Å². The van der Waals surface area contributed by atoms with E-state index in [-0.39, 0.29) is 11.2 Å². The molecule has 0 aliphatic heterocycles. The summed E-state index contributed by atoms with van der Waals surface area (Å²) in [4.78, 5) is 0. The Morgan fingerprint density at radius 3 is 2.12 bits per heavy atom. The fraction of sp³-hybridized carbons (Fsp3) is 0.500. The number of hydrogen-bond donors (Lipinski definition) is 1. The Hall–Kier alpha value is -1.23. The van der Waals surface area contributed by atoms with Gasteiger partial charge in [0.15, 0.2) is 0 Å². The third-order valence-corrected chi connectivity index (χ3v) is 2.41. The summed E-state index contributed by atoms with van der Waals surface area (Å²) in [5, 5.41) is 0. The average molecular weight is 247 g/mol. The summed E-state index contributed by atoms with van der Waals surface area (Å²) in [5.74, 6) is -0.234. The molecular weight excluding hydrogens is 231 g/mol. The maximum absolute atomic E-state index is 12.2. The van der Waals surface area contributed by atoms with Crippen LogP contribution in [0.3, 0.4) is 0 Å². The van der Waals surface area contributed by atoms with Gasteiger partial charge in [-0.25, -0.2) is 0 Å². The van der Waals surface area contributed by atoms with Gasteiger partial charge in [-0.15, -0.1) is 13.2 Å². The normalized spacial score (nSPS) is 14.5. The highest BCUT2D eigenvalue weighted by molar-refractivity contribution is 5.36. The summed E-state index contributed by atoms with van der Waals surface area (Å²) in [7, 11) is 0. The van der Waals surface area contributed by atoms with E-state index in [1.165, 1.54) is 12.1 Å². The summed E-state index contributed by atoms with van der Waals surface area (Å²) >= 11 is 0. The summed E-state index contributed by atoms with van der Waals surface area (Å²) < 4.78 is 40.6. The Labute approximate surface area is 98.6 Å². The highest BCUT2D eigenvalue weighted by atomic mass is 19.4. The van der Waals surface area contributed by atoms with Gasteiger partial charge in [-0.1, -0.05) is 39.0 Å². The molecule has 0 aromatic heterocycles. The zero-order valence-corrected chi connectivity index (χ0v) is 10.0. The Bertz CT molecular complexity index is 382.